The van der Waals surface area contributed by atoms with Gasteiger partial charge in [-0.3, -0.25) is 4.79 Å². The van der Waals surface area contributed by atoms with Gasteiger partial charge in [-0.15, -0.1) is 0 Å². The number of hydrogen-bond donors (Lipinski definition) is 3. The number of hydrogen-bond acceptors (Lipinski definition) is 4. The molecule has 108 valence electrons. The summed E-state index contributed by atoms with van der Waals surface area (Å²) in [7, 11) is 1.27. The van der Waals surface area contributed by atoms with Crippen LogP contribution in [-0.4, -0.2) is 36.7 Å². The summed E-state index contributed by atoms with van der Waals surface area (Å²) in [6.45, 7) is 0.0228. The summed E-state index contributed by atoms with van der Waals surface area (Å²) in [5, 5.41) is 13.4. The highest BCUT2D eigenvalue weighted by Gasteiger charge is 2.10. The molecule has 0 aliphatic rings. The zero-order valence-electron chi connectivity index (χ0n) is 10.6. The van der Waals surface area contributed by atoms with Gasteiger partial charge in [0.2, 0.25) is 0 Å². The van der Waals surface area contributed by atoms with Crippen molar-refractivity contribution in [2.75, 3.05) is 19.0 Å². The van der Waals surface area contributed by atoms with E-state index in [2.05, 4.69) is 15.4 Å². The average molecular weight is 392 g/mol. The van der Waals surface area contributed by atoms with Crippen LogP contribution < -0.4 is 10.6 Å². The van der Waals surface area contributed by atoms with Crippen molar-refractivity contribution < 1.29 is 24.2 Å². The molecular weight excluding hydrogens is 379 g/mol. The lowest BCUT2D eigenvalue weighted by Crippen LogP contribution is -2.30. The van der Waals surface area contributed by atoms with Crippen LogP contribution >= 0.6 is 22.6 Å². The Kier molecular flexibility index (Phi) is 6.22. The van der Waals surface area contributed by atoms with Crippen LogP contribution in [0.1, 0.15) is 16.8 Å². The van der Waals surface area contributed by atoms with Crippen LogP contribution in [0.25, 0.3) is 0 Å². The molecule has 0 heterocycles. The quantitative estimate of drug-likeness (QED) is 0.523. The largest absolute Gasteiger partial charge is 0.481 e. The monoisotopic (exact) mass is 392 g/mol. The Morgan fingerprint density at radius 2 is 2.00 bits per heavy atom. The fourth-order valence-electron chi connectivity index (χ4n) is 1.36. The summed E-state index contributed by atoms with van der Waals surface area (Å²) in [5.74, 6) is -1.50. The van der Waals surface area contributed by atoms with E-state index in [4.69, 9.17) is 5.11 Å². The molecule has 0 radical (unpaired) electrons. The number of anilines is 1. The van der Waals surface area contributed by atoms with Gasteiger partial charge in [-0.25, -0.2) is 9.59 Å². The van der Waals surface area contributed by atoms with Crippen LogP contribution in [-0.2, 0) is 9.53 Å². The number of carbonyl (C=O) groups is 3. The van der Waals surface area contributed by atoms with Gasteiger partial charge in [0.25, 0.3) is 0 Å². The first-order valence-corrected chi connectivity index (χ1v) is 6.66. The molecule has 0 fully saturated rings. The van der Waals surface area contributed by atoms with E-state index in [1.54, 1.807) is 12.1 Å². The summed E-state index contributed by atoms with van der Waals surface area (Å²) in [6, 6.07) is 4.23. The van der Waals surface area contributed by atoms with Gasteiger partial charge in [0.15, 0.2) is 0 Å². The Bertz CT molecular complexity index is 533. The second kappa shape index (κ2) is 7.68. The Balaban J connectivity index is 2.67. The van der Waals surface area contributed by atoms with Crippen molar-refractivity contribution in [2.45, 2.75) is 6.42 Å². The molecular formula is C12H13IN2O5. The number of amides is 2. The normalized spacial score (nSPS) is 9.70. The lowest BCUT2D eigenvalue weighted by Gasteiger charge is -2.08. The maximum absolute atomic E-state index is 11.5. The molecule has 0 saturated heterocycles. The minimum atomic E-state index is -0.993. The van der Waals surface area contributed by atoms with Gasteiger partial charge < -0.3 is 20.5 Å². The number of esters is 1. The third-order valence-electron chi connectivity index (χ3n) is 2.20. The lowest BCUT2D eigenvalue weighted by molar-refractivity contribution is -0.136. The van der Waals surface area contributed by atoms with Crippen molar-refractivity contribution in [2.24, 2.45) is 0 Å². The van der Waals surface area contributed by atoms with Crippen LogP contribution in [0.3, 0.4) is 0 Å². The molecule has 20 heavy (non-hydrogen) atoms. The molecule has 1 aromatic carbocycles. The van der Waals surface area contributed by atoms with Crippen molar-refractivity contribution >= 4 is 46.2 Å². The van der Waals surface area contributed by atoms with E-state index in [0.717, 1.165) is 3.57 Å². The number of ether oxygens (including phenoxy) is 1. The van der Waals surface area contributed by atoms with Gasteiger partial charge in [-0.2, -0.15) is 0 Å². The molecule has 0 aliphatic carbocycles. The third-order valence-corrected chi connectivity index (χ3v) is 2.82. The van der Waals surface area contributed by atoms with Crippen molar-refractivity contribution in [3.05, 3.63) is 27.3 Å². The lowest BCUT2D eigenvalue weighted by atomic mass is 10.2. The zero-order chi connectivity index (χ0) is 15.1. The van der Waals surface area contributed by atoms with Gasteiger partial charge in [0, 0.05) is 15.8 Å². The number of carbonyl (C=O) groups excluding carboxylic acids is 2. The number of carboxylic acids is 1. The summed E-state index contributed by atoms with van der Waals surface area (Å²) >= 11 is 2.01. The topological polar surface area (TPSA) is 105 Å². The Morgan fingerprint density at radius 3 is 2.60 bits per heavy atom. The van der Waals surface area contributed by atoms with Crippen LogP contribution in [0.4, 0.5) is 10.5 Å². The number of urea groups is 1. The number of rotatable bonds is 5. The maximum Gasteiger partial charge on any atom is 0.337 e. The van der Waals surface area contributed by atoms with Crippen molar-refractivity contribution in [3.63, 3.8) is 0 Å². The van der Waals surface area contributed by atoms with Crippen LogP contribution in [0.5, 0.6) is 0 Å². The van der Waals surface area contributed by atoms with E-state index < -0.39 is 18.0 Å². The van der Waals surface area contributed by atoms with Gasteiger partial charge in [-0.1, -0.05) is 0 Å². The summed E-state index contributed by atoms with van der Waals surface area (Å²) in [4.78, 5) is 33.3. The standard InChI is InChI=1S/C12H13IN2O5/c1-20-11(18)7-4-8(13)6-9(5-7)15-12(19)14-3-2-10(16)17/h4-6H,2-3H2,1H3,(H,16,17)(H2,14,15,19). The van der Waals surface area contributed by atoms with E-state index in [1.165, 1.54) is 13.2 Å². The number of carboxylic acid groups (broad SMARTS) is 1. The number of nitrogens with one attached hydrogen (secondary N) is 2. The number of methoxy groups -OCH3 is 1. The molecule has 7 nitrogen and oxygen atoms in total. The molecule has 1 rings (SSSR count). The summed E-state index contributed by atoms with van der Waals surface area (Å²) in [5.41, 5.74) is 0.741. The second-order valence-corrected chi connectivity index (χ2v) is 4.99. The first-order valence-electron chi connectivity index (χ1n) is 5.58. The molecule has 0 atom stereocenters. The summed E-state index contributed by atoms with van der Waals surface area (Å²) in [6.07, 6.45) is -0.160. The Hall–Kier alpha value is -1.84. The van der Waals surface area contributed by atoms with E-state index in [0.29, 0.717) is 11.3 Å². The Morgan fingerprint density at radius 1 is 1.30 bits per heavy atom. The molecule has 0 aliphatic heterocycles. The summed E-state index contributed by atoms with van der Waals surface area (Å²) < 4.78 is 5.36. The first-order chi connectivity index (χ1) is 9.42. The van der Waals surface area contributed by atoms with Crippen LogP contribution in [0.2, 0.25) is 0 Å². The van der Waals surface area contributed by atoms with E-state index in [-0.39, 0.29) is 13.0 Å². The molecule has 0 saturated carbocycles. The van der Waals surface area contributed by atoms with Crippen molar-refractivity contribution in [3.8, 4) is 0 Å². The van der Waals surface area contributed by atoms with E-state index in [9.17, 15) is 14.4 Å². The highest BCUT2D eigenvalue weighted by molar-refractivity contribution is 14.1. The van der Waals surface area contributed by atoms with E-state index >= 15 is 0 Å². The maximum atomic E-state index is 11.5. The highest BCUT2D eigenvalue weighted by Crippen LogP contribution is 2.17. The molecule has 1 aromatic rings. The van der Waals surface area contributed by atoms with Gasteiger partial charge >= 0.3 is 18.0 Å². The minimum Gasteiger partial charge on any atom is -0.481 e. The fourth-order valence-corrected chi connectivity index (χ4v) is 2.03. The third kappa shape index (κ3) is 5.43. The predicted octanol–water partition coefficient (Wildman–Crippen LogP) is 1.67. The van der Waals surface area contributed by atoms with Gasteiger partial charge in [0.05, 0.1) is 19.1 Å². The van der Waals surface area contributed by atoms with E-state index in [1.807, 2.05) is 22.6 Å². The van der Waals surface area contributed by atoms with Gasteiger partial charge in [0.1, 0.15) is 0 Å². The molecule has 0 spiro atoms. The fraction of sp³-hybridized carbons (Fsp3) is 0.250. The predicted molar refractivity (Wildman–Crippen MR) is 79.8 cm³/mol. The molecule has 0 aromatic heterocycles. The molecule has 0 unspecified atom stereocenters. The molecule has 2 amide bonds. The van der Waals surface area contributed by atoms with Crippen molar-refractivity contribution in [1.82, 2.24) is 5.32 Å². The minimum absolute atomic E-state index is 0.0228. The van der Waals surface area contributed by atoms with Crippen molar-refractivity contribution in [1.29, 1.82) is 0 Å². The average Bonchev–Trinajstić information content (AvgIpc) is 2.36. The number of benzene rings is 1. The van der Waals surface area contributed by atoms with Gasteiger partial charge in [-0.05, 0) is 40.8 Å². The zero-order valence-corrected chi connectivity index (χ0v) is 12.8. The highest BCUT2D eigenvalue weighted by atomic mass is 127. The molecule has 0 bridgehead atoms. The SMILES string of the molecule is COC(=O)c1cc(I)cc(NC(=O)NCCC(=O)O)c1. The first kappa shape index (κ1) is 16.2. The molecule has 3 N–H and O–H groups in total. The molecule has 8 heteroatoms. The number of aliphatic carboxylic acids is 1. The second-order valence-electron chi connectivity index (χ2n) is 3.74. The smallest absolute Gasteiger partial charge is 0.337 e. The number of halogens is 1. The van der Waals surface area contributed by atoms with Crippen LogP contribution in [0, 0.1) is 3.57 Å². The van der Waals surface area contributed by atoms with Crippen LogP contribution in [0.15, 0.2) is 18.2 Å². The Labute approximate surface area is 128 Å².